The maximum absolute atomic E-state index is 13.6. The molecule has 2 amide bonds. The van der Waals surface area contributed by atoms with Crippen molar-refractivity contribution in [3.05, 3.63) is 53.3 Å². The minimum atomic E-state index is -4.60. The van der Waals surface area contributed by atoms with Gasteiger partial charge in [0.25, 0.3) is 0 Å². The van der Waals surface area contributed by atoms with Crippen molar-refractivity contribution < 1.29 is 40.7 Å². The van der Waals surface area contributed by atoms with Crippen molar-refractivity contribution in [1.29, 1.82) is 0 Å². The Morgan fingerprint density at radius 3 is 2.31 bits per heavy atom. The zero-order valence-electron chi connectivity index (χ0n) is 16.7. The summed E-state index contributed by atoms with van der Waals surface area (Å²) >= 11 is 0. The molecule has 0 saturated carbocycles. The highest BCUT2D eigenvalue weighted by Gasteiger charge is 2.31. The minimum Gasteiger partial charge on any atom is -0.491 e. The molecule has 2 rings (SSSR count). The lowest BCUT2D eigenvalue weighted by Gasteiger charge is -2.15. The molecule has 0 aliphatic carbocycles. The van der Waals surface area contributed by atoms with Gasteiger partial charge in [-0.2, -0.15) is 13.2 Å². The Hall–Kier alpha value is -3.44. The van der Waals surface area contributed by atoms with Gasteiger partial charge in [-0.05, 0) is 36.8 Å². The van der Waals surface area contributed by atoms with E-state index >= 15 is 0 Å². The second kappa shape index (κ2) is 10.7. The predicted octanol–water partition coefficient (Wildman–Crippen LogP) is 4.08. The molecule has 0 heterocycles. The Morgan fingerprint density at radius 1 is 0.938 bits per heavy atom. The van der Waals surface area contributed by atoms with Crippen molar-refractivity contribution in [2.24, 2.45) is 0 Å². The van der Waals surface area contributed by atoms with Crippen LogP contribution in [0.4, 0.5) is 37.7 Å². The minimum absolute atomic E-state index is 0.0725. The zero-order chi connectivity index (χ0) is 23.9. The van der Waals surface area contributed by atoms with Crippen molar-refractivity contribution in [1.82, 2.24) is 5.32 Å². The first-order valence-corrected chi connectivity index (χ1v) is 9.30. The molecule has 12 heteroatoms. The fourth-order valence-corrected chi connectivity index (χ4v) is 2.42. The van der Waals surface area contributed by atoms with Gasteiger partial charge in [-0.25, -0.2) is 13.2 Å². The van der Waals surface area contributed by atoms with E-state index in [1.807, 2.05) is 12.2 Å². The Morgan fingerprint density at radius 2 is 1.66 bits per heavy atom. The summed E-state index contributed by atoms with van der Waals surface area (Å²) in [5, 5.41) is 6.63. The highest BCUT2D eigenvalue weighted by atomic mass is 19.4. The van der Waals surface area contributed by atoms with E-state index in [-0.39, 0.29) is 18.0 Å². The van der Waals surface area contributed by atoms with Crippen molar-refractivity contribution in [2.75, 3.05) is 30.3 Å². The van der Waals surface area contributed by atoms with E-state index in [9.17, 15) is 35.9 Å². The maximum Gasteiger partial charge on any atom is 0.416 e. The fourth-order valence-electron chi connectivity index (χ4n) is 2.42. The SMILES string of the molecule is CCCOc1ccc(C(F)(F)F)cc1NCC(=O)NCC(=O)Nc1ccc(F)c(F)c1F. The Kier molecular flexibility index (Phi) is 8.33. The van der Waals surface area contributed by atoms with Crippen LogP contribution in [-0.2, 0) is 15.8 Å². The number of benzene rings is 2. The smallest absolute Gasteiger partial charge is 0.416 e. The van der Waals surface area contributed by atoms with Crippen LogP contribution in [0.25, 0.3) is 0 Å². The lowest BCUT2D eigenvalue weighted by Crippen LogP contribution is -2.36. The number of hydrogen-bond acceptors (Lipinski definition) is 4. The van der Waals surface area contributed by atoms with Crippen LogP contribution in [0.15, 0.2) is 30.3 Å². The molecule has 0 aliphatic rings. The number of alkyl halides is 3. The summed E-state index contributed by atoms with van der Waals surface area (Å²) in [5.41, 5.74) is -1.64. The van der Waals surface area contributed by atoms with Gasteiger partial charge in [-0.3, -0.25) is 9.59 Å². The van der Waals surface area contributed by atoms with Crippen LogP contribution in [0.5, 0.6) is 5.75 Å². The average Bonchev–Trinajstić information content (AvgIpc) is 2.74. The summed E-state index contributed by atoms with van der Waals surface area (Å²) in [7, 11) is 0. The molecule has 2 aromatic carbocycles. The number of nitrogens with one attached hydrogen (secondary N) is 3. The van der Waals surface area contributed by atoms with Crippen molar-refractivity contribution in [3.63, 3.8) is 0 Å². The number of hydrogen-bond donors (Lipinski definition) is 3. The Bertz CT molecular complexity index is 982. The molecular weight excluding hydrogens is 444 g/mol. The van der Waals surface area contributed by atoms with Gasteiger partial charge in [0.1, 0.15) is 5.75 Å². The molecule has 0 aromatic heterocycles. The summed E-state index contributed by atoms with van der Waals surface area (Å²) in [4.78, 5) is 23.7. The quantitative estimate of drug-likeness (QED) is 0.387. The molecule has 32 heavy (non-hydrogen) atoms. The molecule has 0 saturated heterocycles. The third-order valence-electron chi connectivity index (χ3n) is 3.96. The molecule has 6 nitrogen and oxygen atoms in total. The van der Waals surface area contributed by atoms with E-state index in [1.54, 1.807) is 0 Å². The summed E-state index contributed by atoms with van der Waals surface area (Å²) in [5.74, 6) is -6.40. The number of amides is 2. The molecule has 174 valence electrons. The summed E-state index contributed by atoms with van der Waals surface area (Å²) < 4.78 is 83.8. The van der Waals surface area contributed by atoms with E-state index in [0.29, 0.717) is 12.5 Å². The first-order valence-electron chi connectivity index (χ1n) is 9.30. The molecule has 0 fully saturated rings. The van der Waals surface area contributed by atoms with Crippen LogP contribution < -0.4 is 20.7 Å². The summed E-state index contributed by atoms with van der Waals surface area (Å²) in [6.45, 7) is 0.895. The molecule has 0 radical (unpaired) electrons. The second-order valence-electron chi connectivity index (χ2n) is 6.46. The summed E-state index contributed by atoms with van der Waals surface area (Å²) in [6, 6.07) is 4.18. The van der Waals surface area contributed by atoms with Gasteiger partial charge in [0.05, 0.1) is 36.6 Å². The maximum atomic E-state index is 13.6. The van der Waals surface area contributed by atoms with Crippen LogP contribution in [0.1, 0.15) is 18.9 Å². The average molecular weight is 463 g/mol. The van der Waals surface area contributed by atoms with Gasteiger partial charge in [0.2, 0.25) is 11.8 Å². The standard InChI is InChI=1S/C20H19F6N3O3/c1-2-7-32-15-6-3-11(20(24,25)26)8-14(15)27-9-16(30)28-10-17(31)29-13-5-4-12(21)18(22)19(13)23/h3-6,8,27H,2,7,9-10H2,1H3,(H,28,30)(H,29,31). The molecule has 0 unspecified atom stereocenters. The highest BCUT2D eigenvalue weighted by Crippen LogP contribution is 2.35. The Labute approximate surface area is 178 Å². The third kappa shape index (κ3) is 6.79. The number of carbonyl (C=O) groups is 2. The van der Waals surface area contributed by atoms with E-state index in [0.717, 1.165) is 24.3 Å². The number of rotatable bonds is 9. The number of halogens is 6. The van der Waals surface area contributed by atoms with Crippen molar-refractivity contribution in [3.8, 4) is 5.75 Å². The van der Waals surface area contributed by atoms with Crippen molar-refractivity contribution >= 4 is 23.2 Å². The third-order valence-corrected chi connectivity index (χ3v) is 3.96. The molecule has 2 aromatic rings. The fraction of sp³-hybridized carbons (Fsp3) is 0.300. The monoisotopic (exact) mass is 463 g/mol. The normalized spacial score (nSPS) is 11.1. The van der Waals surface area contributed by atoms with Crippen LogP contribution in [0.3, 0.4) is 0 Å². The Balaban J connectivity index is 1.94. The first kappa shape index (κ1) is 24.8. The van der Waals surface area contributed by atoms with E-state index in [4.69, 9.17) is 4.74 Å². The molecule has 3 N–H and O–H groups in total. The van der Waals surface area contributed by atoms with Gasteiger partial charge in [0, 0.05) is 0 Å². The topological polar surface area (TPSA) is 79.5 Å². The predicted molar refractivity (Wildman–Crippen MR) is 104 cm³/mol. The molecule has 0 bridgehead atoms. The number of anilines is 2. The zero-order valence-corrected chi connectivity index (χ0v) is 16.7. The van der Waals surface area contributed by atoms with Crippen LogP contribution >= 0.6 is 0 Å². The van der Waals surface area contributed by atoms with Crippen LogP contribution in [0, 0.1) is 17.5 Å². The van der Waals surface area contributed by atoms with Gasteiger partial charge in [-0.15, -0.1) is 0 Å². The van der Waals surface area contributed by atoms with Gasteiger partial charge >= 0.3 is 6.18 Å². The lowest BCUT2D eigenvalue weighted by molar-refractivity contribution is -0.137. The highest BCUT2D eigenvalue weighted by molar-refractivity contribution is 5.95. The molecular formula is C20H19F6N3O3. The largest absolute Gasteiger partial charge is 0.491 e. The number of carbonyl (C=O) groups excluding carboxylic acids is 2. The van der Waals surface area contributed by atoms with Crippen LogP contribution in [-0.4, -0.2) is 31.5 Å². The van der Waals surface area contributed by atoms with E-state index < -0.39 is 59.8 Å². The second-order valence-corrected chi connectivity index (χ2v) is 6.46. The van der Waals surface area contributed by atoms with Gasteiger partial charge in [-0.1, -0.05) is 6.92 Å². The lowest BCUT2D eigenvalue weighted by atomic mass is 10.1. The molecule has 0 aliphatic heterocycles. The summed E-state index contributed by atoms with van der Waals surface area (Å²) in [6.07, 6.45) is -4.00. The van der Waals surface area contributed by atoms with Gasteiger partial charge in [0.15, 0.2) is 17.5 Å². The van der Waals surface area contributed by atoms with Crippen LogP contribution in [0.2, 0.25) is 0 Å². The van der Waals surface area contributed by atoms with E-state index in [1.165, 1.54) is 0 Å². The molecule has 0 spiro atoms. The molecule has 0 atom stereocenters. The van der Waals surface area contributed by atoms with Crippen molar-refractivity contribution in [2.45, 2.75) is 19.5 Å². The first-order chi connectivity index (χ1) is 15.0. The van der Waals surface area contributed by atoms with Gasteiger partial charge < -0.3 is 20.7 Å². The van der Waals surface area contributed by atoms with E-state index in [2.05, 4.69) is 10.6 Å². The number of ether oxygens (including phenoxy) is 1.